The fourth-order valence-corrected chi connectivity index (χ4v) is 2.25. The Balaban J connectivity index is 2.39. The van der Waals surface area contributed by atoms with Crippen LogP contribution >= 0.6 is 0 Å². The summed E-state index contributed by atoms with van der Waals surface area (Å²) in [6, 6.07) is 0. The lowest BCUT2D eigenvalue weighted by Crippen LogP contribution is -2.23. The molecule has 17 heavy (non-hydrogen) atoms. The van der Waals surface area contributed by atoms with Crippen molar-refractivity contribution in [2.75, 3.05) is 27.9 Å². The molecule has 1 saturated heterocycles. The first kappa shape index (κ1) is 14.9. The van der Waals surface area contributed by atoms with Crippen molar-refractivity contribution in [2.45, 2.75) is 50.3 Å². The molecule has 5 nitrogen and oxygen atoms in total. The van der Waals surface area contributed by atoms with Crippen LogP contribution < -0.4 is 0 Å². The van der Waals surface area contributed by atoms with E-state index in [1.807, 2.05) is 0 Å². The van der Waals surface area contributed by atoms with Gasteiger partial charge < -0.3 is 24.1 Å². The molecule has 1 aliphatic heterocycles. The van der Waals surface area contributed by atoms with E-state index >= 15 is 0 Å². The minimum atomic E-state index is -0.228. The monoisotopic (exact) mass is 248 g/mol. The summed E-state index contributed by atoms with van der Waals surface area (Å²) < 4.78 is 21.6. The molecule has 1 aliphatic rings. The molecule has 0 aromatic rings. The number of methoxy groups -OCH3 is 3. The third-order valence-electron chi connectivity index (χ3n) is 3.21. The molecular weight excluding hydrogens is 224 g/mol. The van der Waals surface area contributed by atoms with E-state index in [9.17, 15) is 0 Å². The largest absolute Gasteiger partial charge is 0.396 e. The van der Waals surface area contributed by atoms with Crippen molar-refractivity contribution < 1.29 is 24.1 Å². The van der Waals surface area contributed by atoms with E-state index < -0.39 is 0 Å². The zero-order valence-corrected chi connectivity index (χ0v) is 10.9. The molecule has 0 amide bonds. The summed E-state index contributed by atoms with van der Waals surface area (Å²) in [6.45, 7) is 0.194. The number of hydrogen-bond donors (Lipinski definition) is 1. The van der Waals surface area contributed by atoms with Gasteiger partial charge >= 0.3 is 0 Å². The molecule has 0 aliphatic carbocycles. The van der Waals surface area contributed by atoms with Crippen LogP contribution in [0, 0.1) is 0 Å². The smallest absolute Gasteiger partial charge is 0.159 e. The molecule has 0 spiro atoms. The van der Waals surface area contributed by atoms with Crippen molar-refractivity contribution in [3.05, 3.63) is 0 Å². The zero-order chi connectivity index (χ0) is 12.7. The number of rotatable bonds is 8. The van der Waals surface area contributed by atoms with E-state index in [-0.39, 0.29) is 31.2 Å². The van der Waals surface area contributed by atoms with E-state index in [0.717, 1.165) is 19.3 Å². The minimum absolute atomic E-state index is 0.0755. The van der Waals surface area contributed by atoms with Gasteiger partial charge in [-0.15, -0.1) is 0 Å². The van der Waals surface area contributed by atoms with Gasteiger partial charge in [-0.3, -0.25) is 0 Å². The maximum atomic E-state index is 8.84. The van der Waals surface area contributed by atoms with Gasteiger partial charge in [-0.05, 0) is 12.8 Å². The Morgan fingerprint density at radius 1 is 1.29 bits per heavy atom. The first-order chi connectivity index (χ1) is 8.24. The predicted octanol–water partition coefficient (Wildman–Crippen LogP) is 0.940. The summed E-state index contributed by atoms with van der Waals surface area (Å²) >= 11 is 0. The van der Waals surface area contributed by atoms with Gasteiger partial charge in [0.2, 0.25) is 0 Å². The van der Waals surface area contributed by atoms with Gasteiger partial charge in [0.05, 0.1) is 18.3 Å². The molecule has 1 fully saturated rings. The molecule has 0 bridgehead atoms. The number of aliphatic hydroxyl groups excluding tert-OH is 1. The highest BCUT2D eigenvalue weighted by atomic mass is 16.7. The third-order valence-corrected chi connectivity index (χ3v) is 3.21. The Morgan fingerprint density at radius 3 is 2.53 bits per heavy atom. The highest BCUT2D eigenvalue weighted by Gasteiger charge is 2.35. The molecule has 3 atom stereocenters. The highest BCUT2D eigenvalue weighted by molar-refractivity contribution is 4.83. The highest BCUT2D eigenvalue weighted by Crippen LogP contribution is 2.29. The van der Waals surface area contributed by atoms with Crippen LogP contribution in [-0.4, -0.2) is 57.6 Å². The number of hydrogen-bond acceptors (Lipinski definition) is 5. The van der Waals surface area contributed by atoms with Crippen molar-refractivity contribution in [1.82, 2.24) is 0 Å². The van der Waals surface area contributed by atoms with Crippen molar-refractivity contribution in [3.8, 4) is 0 Å². The first-order valence-electron chi connectivity index (χ1n) is 6.09. The van der Waals surface area contributed by atoms with Crippen molar-refractivity contribution in [3.63, 3.8) is 0 Å². The summed E-state index contributed by atoms with van der Waals surface area (Å²) in [6.07, 6.45) is 3.21. The van der Waals surface area contributed by atoms with Crippen LogP contribution in [0.3, 0.4) is 0 Å². The van der Waals surface area contributed by atoms with Gasteiger partial charge in [-0.1, -0.05) is 0 Å². The molecule has 1 heterocycles. The average Bonchev–Trinajstić information content (AvgIpc) is 2.75. The van der Waals surface area contributed by atoms with Crippen LogP contribution in [0.5, 0.6) is 0 Å². The SMILES string of the molecule is COC(C[C@H]1C[C@@H](OC)[C@@H](CCCO)O1)OC. The van der Waals surface area contributed by atoms with Crippen LogP contribution in [0.1, 0.15) is 25.7 Å². The molecule has 0 radical (unpaired) electrons. The molecule has 0 aromatic heterocycles. The van der Waals surface area contributed by atoms with E-state index in [4.69, 9.17) is 24.1 Å². The summed E-state index contributed by atoms with van der Waals surface area (Å²) in [4.78, 5) is 0. The van der Waals surface area contributed by atoms with E-state index in [0.29, 0.717) is 6.42 Å². The molecule has 5 heteroatoms. The van der Waals surface area contributed by atoms with Crippen molar-refractivity contribution >= 4 is 0 Å². The average molecular weight is 248 g/mol. The number of ether oxygens (including phenoxy) is 4. The van der Waals surface area contributed by atoms with E-state index in [2.05, 4.69) is 0 Å². The maximum Gasteiger partial charge on any atom is 0.159 e. The number of aliphatic hydroxyl groups is 1. The fraction of sp³-hybridized carbons (Fsp3) is 1.00. The van der Waals surface area contributed by atoms with E-state index in [1.54, 1.807) is 21.3 Å². The lowest BCUT2D eigenvalue weighted by molar-refractivity contribution is -0.129. The molecule has 1 N–H and O–H groups in total. The van der Waals surface area contributed by atoms with Gasteiger partial charge in [-0.2, -0.15) is 0 Å². The normalized spacial score (nSPS) is 29.1. The van der Waals surface area contributed by atoms with Gasteiger partial charge in [-0.25, -0.2) is 0 Å². The Bertz CT molecular complexity index is 195. The van der Waals surface area contributed by atoms with Crippen molar-refractivity contribution in [1.29, 1.82) is 0 Å². The summed E-state index contributed by atoms with van der Waals surface area (Å²) in [5, 5.41) is 8.84. The van der Waals surface area contributed by atoms with E-state index in [1.165, 1.54) is 0 Å². The second kappa shape index (κ2) is 8.00. The van der Waals surface area contributed by atoms with Crippen LogP contribution in [-0.2, 0) is 18.9 Å². The van der Waals surface area contributed by atoms with Gasteiger partial charge in [0.15, 0.2) is 6.29 Å². The van der Waals surface area contributed by atoms with Crippen LogP contribution in [0.15, 0.2) is 0 Å². The molecule has 0 aromatic carbocycles. The zero-order valence-electron chi connectivity index (χ0n) is 10.9. The third kappa shape index (κ3) is 4.52. The second-order valence-electron chi connectivity index (χ2n) is 4.31. The van der Waals surface area contributed by atoms with Gasteiger partial charge in [0.1, 0.15) is 0 Å². The van der Waals surface area contributed by atoms with Gasteiger partial charge in [0.25, 0.3) is 0 Å². The Morgan fingerprint density at radius 2 is 2.00 bits per heavy atom. The van der Waals surface area contributed by atoms with Gasteiger partial charge in [0, 0.05) is 40.8 Å². The van der Waals surface area contributed by atoms with Crippen LogP contribution in [0.4, 0.5) is 0 Å². The predicted molar refractivity (Wildman–Crippen MR) is 62.8 cm³/mol. The fourth-order valence-electron chi connectivity index (χ4n) is 2.25. The maximum absolute atomic E-state index is 8.84. The molecule has 102 valence electrons. The van der Waals surface area contributed by atoms with Crippen LogP contribution in [0.2, 0.25) is 0 Å². The summed E-state index contributed by atoms with van der Waals surface area (Å²) in [7, 11) is 4.95. The van der Waals surface area contributed by atoms with Crippen molar-refractivity contribution in [2.24, 2.45) is 0 Å². The lowest BCUT2D eigenvalue weighted by Gasteiger charge is -2.18. The molecular formula is C12H24O5. The summed E-state index contributed by atoms with van der Waals surface area (Å²) in [5.74, 6) is 0. The lowest BCUT2D eigenvalue weighted by atomic mass is 10.1. The molecule has 1 rings (SSSR count). The van der Waals surface area contributed by atoms with Crippen LogP contribution in [0.25, 0.3) is 0 Å². The Kier molecular flexibility index (Phi) is 6.99. The quantitative estimate of drug-likeness (QED) is 0.648. The minimum Gasteiger partial charge on any atom is -0.396 e. The topological polar surface area (TPSA) is 57.2 Å². The Hall–Kier alpha value is -0.200. The Labute approximate surface area is 103 Å². The molecule has 0 saturated carbocycles. The molecule has 0 unspecified atom stereocenters. The summed E-state index contributed by atoms with van der Waals surface area (Å²) in [5.41, 5.74) is 0. The second-order valence-corrected chi connectivity index (χ2v) is 4.31. The first-order valence-corrected chi connectivity index (χ1v) is 6.09. The standard InChI is InChI=1S/C12H24O5/c1-14-11-7-9(8-12(15-2)16-3)17-10(11)5-4-6-13/h9-13H,4-8H2,1-3H3/t9-,10-,11-/m1/s1.